The van der Waals surface area contributed by atoms with Gasteiger partial charge in [-0.3, -0.25) is 9.59 Å². The predicted octanol–water partition coefficient (Wildman–Crippen LogP) is 0.929. The average Bonchev–Trinajstić information content (AvgIpc) is 2.43. The summed E-state index contributed by atoms with van der Waals surface area (Å²) in [6.45, 7) is 7.51. The van der Waals surface area contributed by atoms with E-state index in [0.717, 1.165) is 26.1 Å². The van der Waals surface area contributed by atoms with Gasteiger partial charge in [-0.1, -0.05) is 6.92 Å². The van der Waals surface area contributed by atoms with E-state index in [4.69, 9.17) is 4.74 Å². The van der Waals surface area contributed by atoms with Crippen LogP contribution in [0.4, 0.5) is 0 Å². The lowest BCUT2D eigenvalue weighted by atomic mass is 9.88. The minimum Gasteiger partial charge on any atom is -0.381 e. The van der Waals surface area contributed by atoms with Crippen LogP contribution in [0.1, 0.15) is 40.0 Å². The zero-order valence-electron chi connectivity index (χ0n) is 12.1. The molecule has 5 heteroatoms. The van der Waals surface area contributed by atoms with Gasteiger partial charge in [-0.15, -0.1) is 0 Å². The molecule has 2 amide bonds. The Morgan fingerprint density at radius 3 is 2.63 bits per heavy atom. The second-order valence-electron chi connectivity index (χ2n) is 5.86. The van der Waals surface area contributed by atoms with Gasteiger partial charge in [0.25, 0.3) is 0 Å². The lowest BCUT2D eigenvalue weighted by Gasteiger charge is -2.44. The van der Waals surface area contributed by atoms with Crippen molar-refractivity contribution in [2.75, 3.05) is 19.8 Å². The number of hydrogen-bond acceptors (Lipinski definition) is 3. The normalized spacial score (nSPS) is 31.2. The minimum absolute atomic E-state index is 0.0496. The number of ether oxygens (including phenoxy) is 1. The van der Waals surface area contributed by atoms with Crippen molar-refractivity contribution in [2.45, 2.75) is 51.6 Å². The third-order valence-electron chi connectivity index (χ3n) is 4.61. The minimum atomic E-state index is -0.741. The molecule has 19 heavy (non-hydrogen) atoms. The van der Waals surface area contributed by atoms with Gasteiger partial charge in [0.2, 0.25) is 11.8 Å². The smallest absolute Gasteiger partial charge is 0.248 e. The molecule has 0 spiro atoms. The van der Waals surface area contributed by atoms with Crippen LogP contribution < -0.4 is 5.32 Å². The molecule has 2 aliphatic rings. The van der Waals surface area contributed by atoms with Crippen LogP contribution in [0.15, 0.2) is 0 Å². The summed E-state index contributed by atoms with van der Waals surface area (Å²) >= 11 is 0. The molecule has 2 unspecified atom stereocenters. The van der Waals surface area contributed by atoms with Gasteiger partial charge in [0.05, 0.1) is 6.54 Å². The fourth-order valence-corrected chi connectivity index (χ4v) is 2.97. The van der Waals surface area contributed by atoms with E-state index in [-0.39, 0.29) is 24.4 Å². The zero-order chi connectivity index (χ0) is 14.0. The molecular weight excluding hydrogens is 244 g/mol. The molecule has 0 bridgehead atoms. The van der Waals surface area contributed by atoms with Crippen LogP contribution in [0.25, 0.3) is 0 Å². The van der Waals surface area contributed by atoms with Crippen LogP contribution in [0.2, 0.25) is 0 Å². The second kappa shape index (κ2) is 5.49. The first-order valence-electron chi connectivity index (χ1n) is 7.18. The summed E-state index contributed by atoms with van der Waals surface area (Å²) in [5.74, 6) is 0.432. The van der Waals surface area contributed by atoms with Crippen LogP contribution in [0.3, 0.4) is 0 Å². The largest absolute Gasteiger partial charge is 0.381 e. The molecule has 2 rings (SSSR count). The number of amides is 2. The van der Waals surface area contributed by atoms with Gasteiger partial charge in [-0.2, -0.15) is 0 Å². The van der Waals surface area contributed by atoms with Gasteiger partial charge < -0.3 is 15.0 Å². The maximum Gasteiger partial charge on any atom is 0.248 e. The Morgan fingerprint density at radius 2 is 2.05 bits per heavy atom. The number of nitrogens with zero attached hydrogens (tertiary/aromatic N) is 1. The van der Waals surface area contributed by atoms with E-state index in [1.54, 1.807) is 4.90 Å². The number of rotatable bonds is 3. The Balaban J connectivity index is 2.13. The Hall–Kier alpha value is -1.10. The van der Waals surface area contributed by atoms with Crippen LogP contribution >= 0.6 is 0 Å². The third kappa shape index (κ3) is 2.76. The first kappa shape index (κ1) is 14.3. The maximum absolute atomic E-state index is 12.6. The molecule has 108 valence electrons. The van der Waals surface area contributed by atoms with Gasteiger partial charge >= 0.3 is 0 Å². The highest BCUT2D eigenvalue weighted by Gasteiger charge is 2.44. The van der Waals surface area contributed by atoms with E-state index in [1.165, 1.54) is 0 Å². The molecule has 1 N–H and O–H groups in total. The van der Waals surface area contributed by atoms with Crippen molar-refractivity contribution in [1.82, 2.24) is 10.2 Å². The molecule has 0 saturated carbocycles. The van der Waals surface area contributed by atoms with Gasteiger partial charge in [-0.25, -0.2) is 0 Å². The Bertz CT molecular complexity index is 366. The molecule has 2 aliphatic heterocycles. The molecule has 2 fully saturated rings. The first-order valence-corrected chi connectivity index (χ1v) is 7.18. The van der Waals surface area contributed by atoms with Crippen molar-refractivity contribution in [3.05, 3.63) is 0 Å². The lowest BCUT2D eigenvalue weighted by Crippen LogP contribution is -2.67. The van der Waals surface area contributed by atoms with E-state index < -0.39 is 5.54 Å². The highest BCUT2D eigenvalue weighted by atomic mass is 16.5. The number of nitrogens with one attached hydrogen (secondary N) is 1. The first-order chi connectivity index (χ1) is 8.98. The van der Waals surface area contributed by atoms with Crippen LogP contribution in [-0.4, -0.2) is 48.1 Å². The second-order valence-corrected chi connectivity index (χ2v) is 5.86. The van der Waals surface area contributed by atoms with E-state index in [0.29, 0.717) is 12.3 Å². The molecule has 0 aliphatic carbocycles. The summed E-state index contributed by atoms with van der Waals surface area (Å²) in [7, 11) is 0. The van der Waals surface area contributed by atoms with Crippen molar-refractivity contribution < 1.29 is 14.3 Å². The topological polar surface area (TPSA) is 58.6 Å². The summed E-state index contributed by atoms with van der Waals surface area (Å²) in [6, 6.07) is 0.105. The maximum atomic E-state index is 12.6. The number of carbonyl (C=O) groups excluding carboxylic acids is 2. The summed E-state index contributed by atoms with van der Waals surface area (Å²) in [4.78, 5) is 26.2. The number of hydrogen-bond donors (Lipinski definition) is 1. The van der Waals surface area contributed by atoms with Crippen molar-refractivity contribution in [3.63, 3.8) is 0 Å². The summed E-state index contributed by atoms with van der Waals surface area (Å²) in [6.07, 6.45) is 2.55. The van der Waals surface area contributed by atoms with Gasteiger partial charge in [0.1, 0.15) is 5.54 Å². The molecule has 5 nitrogen and oxygen atoms in total. The third-order valence-corrected chi connectivity index (χ3v) is 4.61. The van der Waals surface area contributed by atoms with Gasteiger partial charge in [0.15, 0.2) is 0 Å². The highest BCUT2D eigenvalue weighted by molar-refractivity contribution is 5.97. The Labute approximate surface area is 114 Å². The van der Waals surface area contributed by atoms with Gasteiger partial charge in [-0.05, 0) is 39.0 Å². The average molecular weight is 268 g/mol. The standard InChI is InChI=1S/C14H24N2O3/c1-4-14(3)13(18)16(9-12(17)15-14)10(2)11-5-7-19-8-6-11/h10-11H,4-9H2,1-3H3,(H,15,17). The van der Waals surface area contributed by atoms with Gasteiger partial charge in [0, 0.05) is 19.3 Å². The van der Waals surface area contributed by atoms with Crippen LogP contribution in [-0.2, 0) is 14.3 Å². The van der Waals surface area contributed by atoms with Crippen molar-refractivity contribution in [2.24, 2.45) is 5.92 Å². The molecule has 0 aromatic rings. The van der Waals surface area contributed by atoms with E-state index in [1.807, 2.05) is 13.8 Å². The quantitative estimate of drug-likeness (QED) is 0.828. The number of carbonyl (C=O) groups is 2. The number of piperazine rings is 1. The van der Waals surface area contributed by atoms with Crippen molar-refractivity contribution in [1.29, 1.82) is 0 Å². The lowest BCUT2D eigenvalue weighted by molar-refractivity contribution is -0.153. The zero-order valence-corrected chi connectivity index (χ0v) is 12.1. The van der Waals surface area contributed by atoms with E-state index >= 15 is 0 Å². The Kier molecular flexibility index (Phi) is 4.13. The summed E-state index contributed by atoms with van der Waals surface area (Å²) < 4.78 is 5.36. The van der Waals surface area contributed by atoms with Crippen molar-refractivity contribution >= 4 is 11.8 Å². The highest BCUT2D eigenvalue weighted by Crippen LogP contribution is 2.27. The molecule has 0 aromatic carbocycles. The molecule has 2 atom stereocenters. The SMILES string of the molecule is CCC1(C)NC(=O)CN(C(C)C2CCOCC2)C1=O. The summed E-state index contributed by atoms with van der Waals surface area (Å²) in [5, 5.41) is 2.83. The molecule has 0 radical (unpaired) electrons. The summed E-state index contributed by atoms with van der Waals surface area (Å²) in [5.41, 5.74) is -0.741. The molecule has 2 heterocycles. The van der Waals surface area contributed by atoms with Crippen LogP contribution in [0.5, 0.6) is 0 Å². The Morgan fingerprint density at radius 1 is 1.42 bits per heavy atom. The molecular formula is C14H24N2O3. The fraction of sp³-hybridized carbons (Fsp3) is 0.857. The monoisotopic (exact) mass is 268 g/mol. The van der Waals surface area contributed by atoms with Crippen molar-refractivity contribution in [3.8, 4) is 0 Å². The van der Waals surface area contributed by atoms with E-state index in [9.17, 15) is 9.59 Å². The molecule has 2 saturated heterocycles. The van der Waals surface area contributed by atoms with Crippen LogP contribution in [0, 0.1) is 5.92 Å². The molecule has 0 aromatic heterocycles. The van der Waals surface area contributed by atoms with E-state index in [2.05, 4.69) is 12.2 Å². The fourth-order valence-electron chi connectivity index (χ4n) is 2.97. The predicted molar refractivity (Wildman–Crippen MR) is 71.6 cm³/mol.